The lowest BCUT2D eigenvalue weighted by Crippen LogP contribution is -2.57. The second-order valence-corrected chi connectivity index (χ2v) is 9.38. The number of carboxylic acids is 2. The topological polar surface area (TPSA) is 234 Å². The predicted molar refractivity (Wildman–Crippen MR) is 138 cm³/mol. The van der Waals surface area contributed by atoms with Crippen LogP contribution in [-0.4, -0.2) is 75.7 Å². The third kappa shape index (κ3) is 11.6. The lowest BCUT2D eigenvalue weighted by atomic mass is 10.0. The number of benzene rings is 1. The number of rotatable bonds is 17. The maximum Gasteiger partial charge on any atom is 0.326 e. The van der Waals surface area contributed by atoms with Gasteiger partial charge in [-0.1, -0.05) is 26.0 Å². The van der Waals surface area contributed by atoms with Crippen molar-refractivity contribution in [2.24, 2.45) is 17.4 Å². The monoisotopic (exact) mass is 537 g/mol. The van der Waals surface area contributed by atoms with Crippen molar-refractivity contribution in [1.29, 1.82) is 0 Å². The van der Waals surface area contributed by atoms with E-state index in [0.717, 1.165) is 0 Å². The van der Waals surface area contributed by atoms with Crippen LogP contribution in [0.3, 0.4) is 0 Å². The first-order valence-electron chi connectivity index (χ1n) is 12.4. The van der Waals surface area contributed by atoms with Gasteiger partial charge in [-0.2, -0.15) is 0 Å². The minimum Gasteiger partial charge on any atom is -0.508 e. The van der Waals surface area contributed by atoms with Gasteiger partial charge < -0.3 is 42.7 Å². The van der Waals surface area contributed by atoms with E-state index in [1.807, 2.05) is 0 Å². The fourth-order valence-electron chi connectivity index (χ4n) is 3.48. The Hall–Kier alpha value is -3.71. The third-order valence-electron chi connectivity index (χ3n) is 5.87. The molecule has 4 unspecified atom stereocenters. The number of hydrogen-bond acceptors (Lipinski definition) is 8. The summed E-state index contributed by atoms with van der Waals surface area (Å²) in [7, 11) is 0. The summed E-state index contributed by atoms with van der Waals surface area (Å²) in [5.74, 6) is -4.92. The number of hydrogen-bond donors (Lipinski definition) is 8. The van der Waals surface area contributed by atoms with E-state index in [9.17, 15) is 34.2 Å². The minimum atomic E-state index is -1.33. The van der Waals surface area contributed by atoms with Crippen molar-refractivity contribution in [2.75, 3.05) is 6.54 Å². The fraction of sp³-hybridized carbons (Fsp3) is 0.560. The van der Waals surface area contributed by atoms with Crippen LogP contribution in [0.25, 0.3) is 0 Å². The molecule has 13 heteroatoms. The molecule has 0 aliphatic heterocycles. The molecule has 1 rings (SSSR count). The van der Waals surface area contributed by atoms with Crippen molar-refractivity contribution in [3.63, 3.8) is 0 Å². The number of aliphatic carboxylic acids is 2. The Bertz CT molecular complexity index is 954. The quantitative estimate of drug-likeness (QED) is 0.118. The Labute approximate surface area is 221 Å². The van der Waals surface area contributed by atoms with Crippen molar-refractivity contribution in [2.45, 2.75) is 76.5 Å². The standard InChI is InChI=1S/C25H39N5O8/c1-14(2)21(27)24(36)29-18(10-11-20(32)33)23(35)28-17(5-3-4-12-26)22(34)30-19(25(37)38)13-15-6-8-16(31)9-7-15/h6-9,14,17-19,21,31H,3-5,10-13,26-27H2,1-2H3,(H,28,35)(H,29,36)(H,30,34)(H,32,33)(H,37,38). The van der Waals surface area contributed by atoms with Gasteiger partial charge in [-0.15, -0.1) is 0 Å². The van der Waals surface area contributed by atoms with E-state index in [4.69, 9.17) is 16.6 Å². The molecule has 1 aromatic carbocycles. The molecular weight excluding hydrogens is 498 g/mol. The van der Waals surface area contributed by atoms with Gasteiger partial charge in [0.1, 0.15) is 23.9 Å². The molecule has 0 spiro atoms. The Morgan fingerprint density at radius 2 is 1.34 bits per heavy atom. The smallest absolute Gasteiger partial charge is 0.326 e. The van der Waals surface area contributed by atoms with Crippen molar-refractivity contribution in [3.8, 4) is 5.75 Å². The minimum absolute atomic E-state index is 0.00577. The summed E-state index contributed by atoms with van der Waals surface area (Å²) in [6.45, 7) is 3.77. The predicted octanol–water partition coefficient (Wildman–Crippen LogP) is -0.549. The first-order chi connectivity index (χ1) is 17.8. The number of aromatic hydroxyl groups is 1. The van der Waals surface area contributed by atoms with Crippen molar-refractivity contribution < 1.29 is 39.3 Å². The summed E-state index contributed by atoms with van der Waals surface area (Å²) in [5, 5.41) is 35.5. The summed E-state index contributed by atoms with van der Waals surface area (Å²) in [4.78, 5) is 61.5. The number of phenolic OH excluding ortho intramolecular Hbond substituents is 1. The van der Waals surface area contributed by atoms with Gasteiger partial charge >= 0.3 is 11.9 Å². The van der Waals surface area contributed by atoms with E-state index in [1.54, 1.807) is 13.8 Å². The fourth-order valence-corrected chi connectivity index (χ4v) is 3.48. The summed E-state index contributed by atoms with van der Waals surface area (Å²) in [6.07, 6.45) is 0.369. The zero-order chi connectivity index (χ0) is 28.8. The van der Waals surface area contributed by atoms with Crippen LogP contribution in [-0.2, 0) is 30.4 Å². The Morgan fingerprint density at radius 1 is 0.816 bits per heavy atom. The molecule has 0 fully saturated rings. The molecule has 0 saturated carbocycles. The van der Waals surface area contributed by atoms with E-state index < -0.39 is 60.2 Å². The zero-order valence-electron chi connectivity index (χ0n) is 21.7. The van der Waals surface area contributed by atoms with E-state index in [-0.39, 0.29) is 30.9 Å². The summed E-state index contributed by atoms with van der Waals surface area (Å²) in [5.41, 5.74) is 11.9. The van der Waals surface area contributed by atoms with Crippen LogP contribution in [0.5, 0.6) is 5.75 Å². The number of amides is 3. The molecule has 3 amide bonds. The highest BCUT2D eigenvalue weighted by molar-refractivity contribution is 5.94. The first kappa shape index (κ1) is 32.3. The van der Waals surface area contributed by atoms with E-state index in [1.165, 1.54) is 24.3 Å². The average molecular weight is 538 g/mol. The maximum absolute atomic E-state index is 13.1. The van der Waals surface area contributed by atoms with Crippen LogP contribution >= 0.6 is 0 Å². The molecule has 212 valence electrons. The molecule has 0 aliphatic carbocycles. The molecule has 0 radical (unpaired) electrons. The number of phenols is 1. The molecule has 0 saturated heterocycles. The molecule has 10 N–H and O–H groups in total. The number of unbranched alkanes of at least 4 members (excludes halogenated alkanes) is 1. The largest absolute Gasteiger partial charge is 0.508 e. The van der Waals surface area contributed by atoms with Crippen LogP contribution in [0, 0.1) is 5.92 Å². The molecule has 38 heavy (non-hydrogen) atoms. The normalized spacial score (nSPS) is 14.1. The van der Waals surface area contributed by atoms with E-state index >= 15 is 0 Å². The highest BCUT2D eigenvalue weighted by Gasteiger charge is 2.31. The first-order valence-corrected chi connectivity index (χ1v) is 12.4. The Kier molecular flexibility index (Phi) is 13.8. The summed E-state index contributed by atoms with van der Waals surface area (Å²) >= 11 is 0. The maximum atomic E-state index is 13.1. The zero-order valence-corrected chi connectivity index (χ0v) is 21.7. The van der Waals surface area contributed by atoms with Gasteiger partial charge in [-0.05, 0) is 55.8 Å². The number of carbonyl (C=O) groups is 5. The van der Waals surface area contributed by atoms with Crippen LogP contribution in [0.4, 0.5) is 0 Å². The van der Waals surface area contributed by atoms with Gasteiger partial charge in [0, 0.05) is 12.8 Å². The molecule has 0 heterocycles. The van der Waals surface area contributed by atoms with E-state index in [0.29, 0.717) is 24.9 Å². The van der Waals surface area contributed by atoms with Gasteiger partial charge in [-0.3, -0.25) is 19.2 Å². The lowest BCUT2D eigenvalue weighted by molar-refractivity contribution is -0.142. The second-order valence-electron chi connectivity index (χ2n) is 9.38. The van der Waals surface area contributed by atoms with Gasteiger partial charge in [0.05, 0.1) is 6.04 Å². The Morgan fingerprint density at radius 3 is 1.84 bits per heavy atom. The molecule has 0 bridgehead atoms. The van der Waals surface area contributed by atoms with Crippen LogP contribution in [0.15, 0.2) is 24.3 Å². The van der Waals surface area contributed by atoms with Gasteiger partial charge in [0.2, 0.25) is 17.7 Å². The summed E-state index contributed by atoms with van der Waals surface area (Å²) in [6, 6.07) is 1.12. The molecule has 0 aliphatic rings. The average Bonchev–Trinajstić information content (AvgIpc) is 2.85. The lowest BCUT2D eigenvalue weighted by Gasteiger charge is -2.25. The van der Waals surface area contributed by atoms with Crippen LogP contribution in [0.1, 0.15) is 51.5 Å². The Balaban J connectivity index is 3.05. The van der Waals surface area contributed by atoms with Crippen molar-refractivity contribution in [1.82, 2.24) is 16.0 Å². The molecular formula is C25H39N5O8. The molecule has 13 nitrogen and oxygen atoms in total. The van der Waals surface area contributed by atoms with Crippen molar-refractivity contribution in [3.05, 3.63) is 29.8 Å². The SMILES string of the molecule is CC(C)C(N)C(=O)NC(CCC(=O)O)C(=O)NC(CCCCN)C(=O)NC(Cc1ccc(O)cc1)C(=O)O. The number of nitrogens with two attached hydrogens (primary N) is 2. The van der Waals surface area contributed by atoms with Gasteiger partial charge in [0.25, 0.3) is 0 Å². The second kappa shape index (κ2) is 16.2. The molecule has 1 aromatic rings. The van der Waals surface area contributed by atoms with Crippen molar-refractivity contribution >= 4 is 29.7 Å². The summed E-state index contributed by atoms with van der Waals surface area (Å²) < 4.78 is 0. The molecule has 4 atom stereocenters. The highest BCUT2D eigenvalue weighted by Crippen LogP contribution is 2.12. The van der Waals surface area contributed by atoms with Crippen LogP contribution in [0.2, 0.25) is 0 Å². The third-order valence-corrected chi connectivity index (χ3v) is 5.87. The number of carbonyl (C=O) groups excluding carboxylic acids is 3. The van der Waals surface area contributed by atoms with E-state index in [2.05, 4.69) is 16.0 Å². The van der Waals surface area contributed by atoms with Gasteiger partial charge in [0.15, 0.2) is 0 Å². The highest BCUT2D eigenvalue weighted by atomic mass is 16.4. The van der Waals surface area contributed by atoms with Gasteiger partial charge in [-0.25, -0.2) is 4.79 Å². The number of nitrogens with one attached hydrogen (secondary N) is 3. The number of carboxylic acid groups (broad SMARTS) is 2. The molecule has 0 aromatic heterocycles. The van der Waals surface area contributed by atoms with Crippen LogP contribution < -0.4 is 27.4 Å².